The topological polar surface area (TPSA) is 69.9 Å². The van der Waals surface area contributed by atoms with Crippen molar-refractivity contribution in [3.63, 3.8) is 0 Å². The summed E-state index contributed by atoms with van der Waals surface area (Å²) in [6.45, 7) is 6.05. The lowest BCUT2D eigenvalue weighted by Gasteiger charge is -2.35. The normalized spacial score (nSPS) is 20.6. The number of thiocarbonyl (C=S) groups is 1. The van der Waals surface area contributed by atoms with E-state index < -0.39 is 15.3 Å². The molecule has 1 saturated heterocycles. The van der Waals surface area contributed by atoms with E-state index in [4.69, 9.17) is 18.0 Å². The predicted molar refractivity (Wildman–Crippen MR) is 81.7 cm³/mol. The molecule has 112 valence electrons. The average Bonchev–Trinajstić information content (AvgIpc) is 2.35. The van der Waals surface area contributed by atoms with Crippen molar-refractivity contribution in [2.45, 2.75) is 12.2 Å². The molecule has 1 aliphatic rings. The van der Waals surface area contributed by atoms with Crippen LogP contribution in [0.5, 0.6) is 0 Å². The molecule has 1 heterocycles. The number of sulfonamides is 1. The molecular formula is C11H24N4O2S2. The van der Waals surface area contributed by atoms with Gasteiger partial charge in [-0.05, 0) is 21.0 Å². The lowest BCUT2D eigenvalue weighted by Crippen LogP contribution is -2.53. The molecule has 0 radical (unpaired) electrons. The molecule has 0 aromatic carbocycles. The maximum Gasteiger partial charge on any atom is 0.223 e. The van der Waals surface area contributed by atoms with E-state index in [9.17, 15) is 8.42 Å². The highest BCUT2D eigenvalue weighted by atomic mass is 32.2. The molecule has 0 amide bonds. The highest BCUT2D eigenvalue weighted by molar-refractivity contribution is 7.92. The van der Waals surface area contributed by atoms with Gasteiger partial charge < -0.3 is 10.6 Å². The summed E-state index contributed by atoms with van der Waals surface area (Å²) in [6.07, 6.45) is 0. The molecule has 0 saturated carbocycles. The van der Waals surface area contributed by atoms with Crippen molar-refractivity contribution in [1.29, 1.82) is 0 Å². The molecule has 0 aromatic rings. The maximum absolute atomic E-state index is 12.2. The third-order valence-electron chi connectivity index (χ3n) is 3.40. The monoisotopic (exact) mass is 308 g/mol. The highest BCUT2D eigenvalue weighted by Gasteiger charge is 2.32. The molecule has 19 heavy (non-hydrogen) atoms. The summed E-state index contributed by atoms with van der Waals surface area (Å²) in [5, 5.41) is -0.782. The summed E-state index contributed by atoms with van der Waals surface area (Å²) in [7, 11) is 0.679. The Morgan fingerprint density at radius 2 is 1.84 bits per heavy atom. The SMILES string of the molecule is CC(C(N)=S)S(=O)(=O)N1CCN(CCN(C)C)CC1. The lowest BCUT2D eigenvalue weighted by atomic mass is 10.3. The second-order valence-corrected chi connectivity index (χ2v) is 7.86. The number of hydrogen-bond donors (Lipinski definition) is 1. The number of rotatable bonds is 6. The van der Waals surface area contributed by atoms with Gasteiger partial charge in [-0.15, -0.1) is 0 Å². The van der Waals surface area contributed by atoms with Crippen molar-refractivity contribution in [2.75, 3.05) is 53.4 Å². The van der Waals surface area contributed by atoms with Gasteiger partial charge in [0.25, 0.3) is 0 Å². The molecule has 6 nitrogen and oxygen atoms in total. The second kappa shape index (κ2) is 6.94. The molecule has 0 bridgehead atoms. The van der Waals surface area contributed by atoms with E-state index in [0.717, 1.165) is 26.2 Å². The minimum absolute atomic E-state index is 0.0371. The van der Waals surface area contributed by atoms with Crippen LogP contribution in [0.2, 0.25) is 0 Å². The molecule has 0 spiro atoms. The molecule has 1 aliphatic heterocycles. The summed E-state index contributed by atoms with van der Waals surface area (Å²) in [5.74, 6) is 0. The Kier molecular flexibility index (Phi) is 6.13. The average molecular weight is 308 g/mol. The van der Waals surface area contributed by atoms with Crippen LogP contribution in [0, 0.1) is 0 Å². The maximum atomic E-state index is 12.2. The number of hydrogen-bond acceptors (Lipinski definition) is 5. The summed E-state index contributed by atoms with van der Waals surface area (Å²) in [6, 6.07) is 0. The Balaban J connectivity index is 2.52. The fraction of sp³-hybridized carbons (Fsp3) is 0.909. The van der Waals surface area contributed by atoms with E-state index >= 15 is 0 Å². The van der Waals surface area contributed by atoms with Gasteiger partial charge in [0.05, 0.1) is 4.99 Å². The first-order valence-corrected chi connectivity index (χ1v) is 8.31. The van der Waals surface area contributed by atoms with Crippen LogP contribution in [0.4, 0.5) is 0 Å². The van der Waals surface area contributed by atoms with E-state index in [0.29, 0.717) is 13.1 Å². The number of piperazine rings is 1. The van der Waals surface area contributed by atoms with Gasteiger partial charge >= 0.3 is 0 Å². The molecule has 0 aliphatic carbocycles. The van der Waals surface area contributed by atoms with Crippen molar-refractivity contribution in [3.8, 4) is 0 Å². The number of nitrogens with two attached hydrogens (primary N) is 1. The minimum Gasteiger partial charge on any atom is -0.392 e. The van der Waals surface area contributed by atoms with Crippen LogP contribution in [-0.2, 0) is 10.0 Å². The lowest BCUT2D eigenvalue weighted by molar-refractivity contribution is 0.174. The Morgan fingerprint density at radius 1 is 1.32 bits per heavy atom. The molecule has 1 atom stereocenters. The largest absolute Gasteiger partial charge is 0.392 e. The van der Waals surface area contributed by atoms with Crippen LogP contribution in [0.1, 0.15) is 6.92 Å². The van der Waals surface area contributed by atoms with Gasteiger partial charge in [-0.1, -0.05) is 12.2 Å². The first-order chi connectivity index (χ1) is 8.75. The molecule has 8 heteroatoms. The predicted octanol–water partition coefficient (Wildman–Crippen LogP) is -0.830. The van der Waals surface area contributed by atoms with Gasteiger partial charge in [0.1, 0.15) is 5.25 Å². The van der Waals surface area contributed by atoms with E-state index in [1.54, 1.807) is 6.92 Å². The summed E-state index contributed by atoms with van der Waals surface area (Å²) in [5.41, 5.74) is 5.45. The fourth-order valence-electron chi connectivity index (χ4n) is 1.92. The second-order valence-electron chi connectivity index (χ2n) is 5.13. The Labute approximate surface area is 121 Å². The van der Waals surface area contributed by atoms with Crippen molar-refractivity contribution in [3.05, 3.63) is 0 Å². The van der Waals surface area contributed by atoms with Crippen LogP contribution in [-0.4, -0.2) is 86.1 Å². The third-order valence-corrected chi connectivity index (χ3v) is 6.14. The smallest absolute Gasteiger partial charge is 0.223 e. The number of nitrogens with zero attached hydrogens (tertiary/aromatic N) is 3. The summed E-state index contributed by atoms with van der Waals surface area (Å²) < 4.78 is 26.0. The van der Waals surface area contributed by atoms with Crippen LogP contribution >= 0.6 is 12.2 Å². The third kappa shape index (κ3) is 4.64. The number of likely N-dealkylation sites (N-methyl/N-ethyl adjacent to an activating group) is 1. The van der Waals surface area contributed by atoms with Crippen LogP contribution in [0.3, 0.4) is 0 Å². The Bertz CT molecular complexity index is 403. The zero-order chi connectivity index (χ0) is 14.6. The van der Waals surface area contributed by atoms with Gasteiger partial charge in [-0.3, -0.25) is 4.90 Å². The fourth-order valence-corrected chi connectivity index (χ4v) is 3.70. The quantitative estimate of drug-likeness (QED) is 0.646. The van der Waals surface area contributed by atoms with Gasteiger partial charge in [0.2, 0.25) is 10.0 Å². The highest BCUT2D eigenvalue weighted by Crippen LogP contribution is 2.13. The van der Waals surface area contributed by atoms with E-state index in [1.165, 1.54) is 4.31 Å². The molecule has 1 unspecified atom stereocenters. The first-order valence-electron chi connectivity index (χ1n) is 6.40. The molecular weight excluding hydrogens is 284 g/mol. The van der Waals surface area contributed by atoms with Crippen molar-refractivity contribution in [2.24, 2.45) is 5.73 Å². The van der Waals surface area contributed by atoms with Crippen molar-refractivity contribution in [1.82, 2.24) is 14.1 Å². The summed E-state index contributed by atoms with van der Waals surface area (Å²) >= 11 is 4.79. The van der Waals surface area contributed by atoms with Gasteiger partial charge in [-0.2, -0.15) is 4.31 Å². The Morgan fingerprint density at radius 3 is 2.26 bits per heavy atom. The zero-order valence-electron chi connectivity index (χ0n) is 11.9. The summed E-state index contributed by atoms with van der Waals surface area (Å²) in [4.78, 5) is 4.44. The molecule has 1 rings (SSSR count). The van der Waals surface area contributed by atoms with E-state index in [-0.39, 0.29) is 4.99 Å². The van der Waals surface area contributed by atoms with Crippen LogP contribution < -0.4 is 5.73 Å². The molecule has 1 fully saturated rings. The van der Waals surface area contributed by atoms with E-state index in [1.807, 2.05) is 14.1 Å². The van der Waals surface area contributed by atoms with Gasteiger partial charge in [0, 0.05) is 39.3 Å². The van der Waals surface area contributed by atoms with Gasteiger partial charge in [0.15, 0.2) is 0 Å². The standard InChI is InChI=1S/C11H24N4O2S2/c1-10(11(12)18)19(16,17)15-8-6-14(7-9-15)5-4-13(2)3/h10H,4-9H2,1-3H3,(H2,12,18). The zero-order valence-corrected chi connectivity index (χ0v) is 13.5. The Hall–Kier alpha value is -0.280. The van der Waals surface area contributed by atoms with Crippen molar-refractivity contribution >= 4 is 27.2 Å². The molecule has 0 aromatic heterocycles. The van der Waals surface area contributed by atoms with Crippen LogP contribution in [0.25, 0.3) is 0 Å². The minimum atomic E-state index is -3.39. The van der Waals surface area contributed by atoms with Crippen LogP contribution in [0.15, 0.2) is 0 Å². The van der Waals surface area contributed by atoms with Gasteiger partial charge in [-0.25, -0.2) is 8.42 Å². The first kappa shape index (κ1) is 16.8. The van der Waals surface area contributed by atoms with Crippen molar-refractivity contribution < 1.29 is 8.42 Å². The molecule has 2 N–H and O–H groups in total. The van der Waals surface area contributed by atoms with E-state index in [2.05, 4.69) is 9.80 Å².